The normalized spacial score (nSPS) is 11.4. The van der Waals surface area contributed by atoms with Crippen LogP contribution in [-0.2, 0) is 0 Å². The van der Waals surface area contributed by atoms with E-state index in [4.69, 9.17) is 23.2 Å². The molecule has 146 valence electrons. The number of halogens is 2. The molecule has 0 N–H and O–H groups in total. The molecule has 0 spiro atoms. The van der Waals surface area contributed by atoms with Crippen LogP contribution in [0.15, 0.2) is 107 Å². The predicted molar refractivity (Wildman–Crippen MR) is 129 cm³/mol. The van der Waals surface area contributed by atoms with Gasteiger partial charge in [0.25, 0.3) is 0 Å². The van der Waals surface area contributed by atoms with Crippen molar-refractivity contribution in [1.82, 2.24) is 0 Å². The molecule has 0 aliphatic heterocycles. The van der Waals surface area contributed by atoms with E-state index in [2.05, 4.69) is 34.3 Å². The Morgan fingerprint density at radius 2 is 0.833 bits per heavy atom. The summed E-state index contributed by atoms with van der Waals surface area (Å²) < 4.78 is 0. The zero-order valence-electron chi connectivity index (χ0n) is 16.0. The van der Waals surface area contributed by atoms with E-state index in [-0.39, 0.29) is 0 Å². The van der Waals surface area contributed by atoms with Crippen LogP contribution < -0.4 is 0 Å². The maximum Gasteiger partial charge on any atom is 0.0630 e. The molecule has 0 radical (unpaired) electrons. The second-order valence-corrected chi connectivity index (χ2v) is 7.47. The van der Waals surface area contributed by atoms with Gasteiger partial charge in [-0.3, -0.25) is 9.98 Å². The van der Waals surface area contributed by atoms with Crippen molar-refractivity contribution >= 4 is 47.0 Å². The van der Waals surface area contributed by atoms with Crippen molar-refractivity contribution in [3.8, 4) is 11.1 Å². The van der Waals surface area contributed by atoms with E-state index >= 15 is 0 Å². The first-order valence-corrected chi connectivity index (χ1v) is 10.2. The summed E-state index contributed by atoms with van der Waals surface area (Å²) in [7, 11) is 0. The zero-order valence-corrected chi connectivity index (χ0v) is 17.6. The number of aliphatic imine (C=N–C) groups is 2. The van der Waals surface area contributed by atoms with Gasteiger partial charge in [-0.2, -0.15) is 0 Å². The van der Waals surface area contributed by atoms with Gasteiger partial charge in [-0.25, -0.2) is 0 Å². The standard InChI is InChI=1S/C26H18Cl2N2/c27-25-7-3-1-5-21(25)17-29-23-13-9-19(10-14-23)20-11-15-24(16-12-20)30-18-22-6-2-4-8-26(22)28/h1-18H. The molecule has 0 aromatic heterocycles. The van der Waals surface area contributed by atoms with Crippen molar-refractivity contribution in [3.05, 3.63) is 118 Å². The highest BCUT2D eigenvalue weighted by Crippen LogP contribution is 2.25. The van der Waals surface area contributed by atoms with E-state index in [0.717, 1.165) is 33.6 Å². The van der Waals surface area contributed by atoms with Crippen molar-refractivity contribution in [2.75, 3.05) is 0 Å². The van der Waals surface area contributed by atoms with Crippen LogP contribution in [0, 0.1) is 0 Å². The van der Waals surface area contributed by atoms with Crippen LogP contribution in [0.2, 0.25) is 10.0 Å². The summed E-state index contributed by atoms with van der Waals surface area (Å²) in [6, 6.07) is 31.5. The smallest absolute Gasteiger partial charge is 0.0630 e. The molecule has 2 nitrogen and oxygen atoms in total. The quantitative estimate of drug-likeness (QED) is 0.286. The molecule has 4 heteroatoms. The molecule has 0 atom stereocenters. The third-order valence-corrected chi connectivity index (χ3v) is 5.27. The van der Waals surface area contributed by atoms with Gasteiger partial charge in [-0.15, -0.1) is 0 Å². The molecule has 0 heterocycles. The van der Waals surface area contributed by atoms with Crippen LogP contribution in [-0.4, -0.2) is 12.4 Å². The Hall–Kier alpha value is -3.20. The lowest BCUT2D eigenvalue weighted by Crippen LogP contribution is -1.82. The van der Waals surface area contributed by atoms with Gasteiger partial charge in [0.1, 0.15) is 0 Å². The fraction of sp³-hybridized carbons (Fsp3) is 0. The predicted octanol–water partition coefficient (Wildman–Crippen LogP) is 8.16. The second-order valence-electron chi connectivity index (χ2n) is 6.65. The molecule has 30 heavy (non-hydrogen) atoms. The van der Waals surface area contributed by atoms with Crippen molar-refractivity contribution < 1.29 is 0 Å². The van der Waals surface area contributed by atoms with Crippen LogP contribution in [0.3, 0.4) is 0 Å². The van der Waals surface area contributed by atoms with Gasteiger partial charge in [-0.05, 0) is 47.5 Å². The van der Waals surface area contributed by atoms with Crippen LogP contribution in [0.25, 0.3) is 11.1 Å². The fourth-order valence-electron chi connectivity index (χ4n) is 2.93. The van der Waals surface area contributed by atoms with Crippen LogP contribution in [0.1, 0.15) is 11.1 Å². The van der Waals surface area contributed by atoms with Gasteiger partial charge in [0.05, 0.1) is 11.4 Å². The maximum atomic E-state index is 6.17. The highest BCUT2D eigenvalue weighted by Gasteiger charge is 2.00. The Bertz CT molecular complexity index is 1100. The molecular formula is C26H18Cl2N2. The number of rotatable bonds is 5. The largest absolute Gasteiger partial charge is 0.256 e. The monoisotopic (exact) mass is 428 g/mol. The topological polar surface area (TPSA) is 24.7 Å². The molecular weight excluding hydrogens is 411 g/mol. The van der Waals surface area contributed by atoms with E-state index in [9.17, 15) is 0 Å². The summed E-state index contributed by atoms with van der Waals surface area (Å²) in [6.07, 6.45) is 3.56. The lowest BCUT2D eigenvalue weighted by molar-refractivity contribution is 1.50. The summed E-state index contributed by atoms with van der Waals surface area (Å²) in [5.74, 6) is 0. The van der Waals surface area contributed by atoms with E-state index in [0.29, 0.717) is 10.0 Å². The first-order valence-electron chi connectivity index (χ1n) is 9.47. The molecule has 4 aromatic rings. The first kappa shape index (κ1) is 20.1. The molecule has 0 amide bonds. The lowest BCUT2D eigenvalue weighted by Gasteiger charge is -2.03. The minimum atomic E-state index is 0.690. The molecule has 0 bridgehead atoms. The third kappa shape index (κ3) is 5.04. The second kappa shape index (κ2) is 9.53. The Labute approximate surface area is 186 Å². The van der Waals surface area contributed by atoms with E-state index < -0.39 is 0 Å². The fourth-order valence-corrected chi connectivity index (χ4v) is 3.30. The van der Waals surface area contributed by atoms with Crippen LogP contribution >= 0.6 is 23.2 Å². The number of hydrogen-bond donors (Lipinski definition) is 0. The van der Waals surface area contributed by atoms with Crippen molar-refractivity contribution in [1.29, 1.82) is 0 Å². The van der Waals surface area contributed by atoms with Crippen molar-refractivity contribution in [3.63, 3.8) is 0 Å². The van der Waals surface area contributed by atoms with Gasteiger partial charge >= 0.3 is 0 Å². The summed E-state index contributed by atoms with van der Waals surface area (Å²) in [5, 5.41) is 1.38. The minimum Gasteiger partial charge on any atom is -0.256 e. The van der Waals surface area contributed by atoms with Crippen molar-refractivity contribution in [2.24, 2.45) is 9.98 Å². The zero-order chi connectivity index (χ0) is 20.8. The number of benzene rings is 4. The highest BCUT2D eigenvalue weighted by molar-refractivity contribution is 6.33. The Morgan fingerprint density at radius 1 is 0.467 bits per heavy atom. The van der Waals surface area contributed by atoms with Gasteiger partial charge < -0.3 is 0 Å². The Balaban J connectivity index is 1.46. The summed E-state index contributed by atoms with van der Waals surface area (Å²) in [6.45, 7) is 0. The van der Waals surface area contributed by atoms with Gasteiger partial charge in [-0.1, -0.05) is 83.9 Å². The van der Waals surface area contributed by atoms with E-state index in [1.807, 2.05) is 72.8 Å². The first-order chi connectivity index (χ1) is 14.7. The van der Waals surface area contributed by atoms with E-state index in [1.54, 1.807) is 12.4 Å². The molecule has 0 unspecified atom stereocenters. The minimum absolute atomic E-state index is 0.690. The van der Waals surface area contributed by atoms with Crippen molar-refractivity contribution in [2.45, 2.75) is 0 Å². The maximum absolute atomic E-state index is 6.17. The molecule has 0 aliphatic rings. The molecule has 0 fully saturated rings. The SMILES string of the molecule is Clc1ccccc1C=Nc1ccc(-c2ccc(N=Cc3ccccc3Cl)cc2)cc1. The molecule has 4 rings (SSSR count). The molecule has 0 saturated heterocycles. The average Bonchev–Trinajstić information content (AvgIpc) is 2.79. The van der Waals surface area contributed by atoms with Gasteiger partial charge in [0, 0.05) is 33.6 Å². The number of nitrogens with zero attached hydrogens (tertiary/aromatic N) is 2. The van der Waals surface area contributed by atoms with Gasteiger partial charge in [0.2, 0.25) is 0 Å². The summed E-state index contributed by atoms with van der Waals surface area (Å²) in [5.41, 5.74) is 5.79. The third-order valence-electron chi connectivity index (χ3n) is 4.58. The number of hydrogen-bond acceptors (Lipinski definition) is 2. The Morgan fingerprint density at radius 3 is 1.20 bits per heavy atom. The molecule has 0 aliphatic carbocycles. The average molecular weight is 429 g/mol. The molecule has 0 saturated carbocycles. The van der Waals surface area contributed by atoms with Crippen LogP contribution in [0.5, 0.6) is 0 Å². The lowest BCUT2D eigenvalue weighted by atomic mass is 10.1. The summed E-state index contributed by atoms with van der Waals surface area (Å²) in [4.78, 5) is 9.01. The van der Waals surface area contributed by atoms with Crippen LogP contribution in [0.4, 0.5) is 11.4 Å². The van der Waals surface area contributed by atoms with Gasteiger partial charge in [0.15, 0.2) is 0 Å². The molecule has 4 aromatic carbocycles. The summed E-state index contributed by atoms with van der Waals surface area (Å²) >= 11 is 12.3. The Kier molecular flexibility index (Phi) is 6.38. The highest BCUT2D eigenvalue weighted by atomic mass is 35.5. The van der Waals surface area contributed by atoms with E-state index in [1.165, 1.54) is 0 Å².